The molecule has 0 saturated carbocycles. The van der Waals surface area contributed by atoms with Gasteiger partial charge in [0.05, 0.1) is 6.54 Å². The molecule has 1 aromatic rings. The van der Waals surface area contributed by atoms with Gasteiger partial charge < -0.3 is 15.1 Å². The topological polar surface area (TPSA) is 55.9 Å². The number of rotatable bonds is 3. The first kappa shape index (κ1) is 17.5. The third-order valence-electron chi connectivity index (χ3n) is 5.92. The van der Waals surface area contributed by atoms with E-state index in [-0.39, 0.29) is 11.8 Å². The molecule has 0 radical (unpaired) electrons. The van der Waals surface area contributed by atoms with Crippen LogP contribution in [0.3, 0.4) is 0 Å². The summed E-state index contributed by atoms with van der Waals surface area (Å²) in [5, 5.41) is 3.31. The minimum atomic E-state index is 0.174. The quantitative estimate of drug-likeness (QED) is 0.867. The van der Waals surface area contributed by atoms with Gasteiger partial charge in [-0.2, -0.15) is 0 Å². The van der Waals surface area contributed by atoms with E-state index in [1.165, 1.54) is 5.56 Å². The molecule has 140 valence electrons. The molecule has 1 aromatic carbocycles. The minimum absolute atomic E-state index is 0.174. The highest BCUT2D eigenvalue weighted by Crippen LogP contribution is 2.27. The molecule has 2 saturated heterocycles. The van der Waals surface area contributed by atoms with Crippen molar-refractivity contribution in [1.82, 2.24) is 15.1 Å². The normalized spacial score (nSPS) is 21.7. The summed E-state index contributed by atoms with van der Waals surface area (Å²) in [6.45, 7) is 6.19. The Morgan fingerprint density at radius 3 is 2.50 bits per heavy atom. The molecule has 0 spiro atoms. The van der Waals surface area contributed by atoms with E-state index in [0.717, 1.165) is 70.8 Å². The molecule has 0 bridgehead atoms. The van der Waals surface area contributed by atoms with Crippen LogP contribution in [0.2, 0.25) is 0 Å². The third-order valence-corrected chi connectivity index (χ3v) is 5.92. The van der Waals surface area contributed by atoms with Crippen molar-refractivity contribution in [3.8, 4) is 0 Å². The maximum absolute atomic E-state index is 12.7. The van der Waals surface area contributed by atoms with Gasteiger partial charge >= 0.3 is 0 Å². The molecule has 6 nitrogen and oxygen atoms in total. The first-order valence-corrected chi connectivity index (χ1v) is 9.82. The molecule has 2 amide bonds. The van der Waals surface area contributed by atoms with E-state index in [1.807, 2.05) is 28.0 Å². The summed E-state index contributed by atoms with van der Waals surface area (Å²) in [4.78, 5) is 31.5. The largest absolute Gasteiger partial charge is 0.340 e. The van der Waals surface area contributed by atoms with Gasteiger partial charge in [0.2, 0.25) is 11.8 Å². The number of anilines is 1. The van der Waals surface area contributed by atoms with Crippen LogP contribution in [0, 0.1) is 5.92 Å². The number of benzene rings is 1. The van der Waals surface area contributed by atoms with Crippen LogP contribution >= 0.6 is 0 Å². The Hall–Kier alpha value is -1.92. The Balaban J connectivity index is 1.27. The smallest absolute Gasteiger partial charge is 0.241 e. The summed E-state index contributed by atoms with van der Waals surface area (Å²) in [5.41, 5.74) is 2.33. The Kier molecular flexibility index (Phi) is 5.22. The van der Waals surface area contributed by atoms with Crippen molar-refractivity contribution in [3.63, 3.8) is 0 Å². The van der Waals surface area contributed by atoms with Gasteiger partial charge in [-0.05, 0) is 44.0 Å². The molecule has 2 fully saturated rings. The van der Waals surface area contributed by atoms with Crippen LogP contribution in [-0.2, 0) is 16.0 Å². The van der Waals surface area contributed by atoms with Crippen molar-refractivity contribution in [2.45, 2.75) is 19.3 Å². The Morgan fingerprint density at radius 2 is 1.73 bits per heavy atom. The van der Waals surface area contributed by atoms with E-state index in [0.29, 0.717) is 12.5 Å². The second kappa shape index (κ2) is 7.76. The van der Waals surface area contributed by atoms with E-state index >= 15 is 0 Å². The van der Waals surface area contributed by atoms with Crippen molar-refractivity contribution in [1.29, 1.82) is 0 Å². The minimum Gasteiger partial charge on any atom is -0.340 e. The lowest BCUT2D eigenvalue weighted by Gasteiger charge is -2.37. The van der Waals surface area contributed by atoms with Crippen LogP contribution in [0.4, 0.5) is 5.69 Å². The second-order valence-electron chi connectivity index (χ2n) is 7.55. The summed E-state index contributed by atoms with van der Waals surface area (Å²) in [6.07, 6.45) is 2.85. The molecule has 4 rings (SSSR count). The van der Waals surface area contributed by atoms with Gasteiger partial charge in [0, 0.05) is 44.3 Å². The van der Waals surface area contributed by atoms with Gasteiger partial charge in [0.25, 0.3) is 0 Å². The van der Waals surface area contributed by atoms with Gasteiger partial charge in [-0.15, -0.1) is 0 Å². The highest BCUT2D eigenvalue weighted by molar-refractivity contribution is 5.96. The number of hydrogen-bond donors (Lipinski definition) is 1. The number of fused-ring (bicyclic) bond motifs is 1. The summed E-state index contributed by atoms with van der Waals surface area (Å²) in [7, 11) is 0. The fourth-order valence-corrected chi connectivity index (χ4v) is 4.33. The standard InChI is InChI=1S/C20H28N4O2/c25-19(24-10-7-16-3-1-2-4-18(16)24)15-22-11-13-23(14-12-22)20(26)17-5-8-21-9-6-17/h1-4,17,21H,5-15H2. The molecule has 3 heterocycles. The summed E-state index contributed by atoms with van der Waals surface area (Å²) >= 11 is 0. The lowest BCUT2D eigenvalue weighted by atomic mass is 9.96. The SMILES string of the molecule is O=C(C1CCNCC1)N1CCN(CC(=O)N2CCc3ccccc32)CC1. The number of carbonyl (C=O) groups is 2. The van der Waals surface area contributed by atoms with Crippen LogP contribution in [0.1, 0.15) is 18.4 Å². The zero-order chi connectivity index (χ0) is 17.9. The van der Waals surface area contributed by atoms with Gasteiger partial charge in [-0.25, -0.2) is 0 Å². The monoisotopic (exact) mass is 356 g/mol. The van der Waals surface area contributed by atoms with E-state index < -0.39 is 0 Å². The predicted molar refractivity (Wildman–Crippen MR) is 101 cm³/mol. The molecule has 26 heavy (non-hydrogen) atoms. The van der Waals surface area contributed by atoms with Crippen molar-refractivity contribution >= 4 is 17.5 Å². The fourth-order valence-electron chi connectivity index (χ4n) is 4.33. The highest BCUT2D eigenvalue weighted by atomic mass is 16.2. The molecule has 1 N–H and O–H groups in total. The number of hydrogen-bond acceptors (Lipinski definition) is 4. The van der Waals surface area contributed by atoms with E-state index in [4.69, 9.17) is 0 Å². The lowest BCUT2D eigenvalue weighted by molar-refractivity contribution is -0.138. The highest BCUT2D eigenvalue weighted by Gasteiger charge is 2.30. The first-order chi connectivity index (χ1) is 12.7. The second-order valence-corrected chi connectivity index (χ2v) is 7.55. The molecule has 3 aliphatic rings. The molecular formula is C20H28N4O2. The van der Waals surface area contributed by atoms with E-state index in [1.54, 1.807) is 0 Å². The summed E-state index contributed by atoms with van der Waals surface area (Å²) in [6, 6.07) is 8.17. The van der Waals surface area contributed by atoms with Gasteiger partial charge in [0.1, 0.15) is 0 Å². The number of amides is 2. The Morgan fingerprint density at radius 1 is 1.00 bits per heavy atom. The maximum Gasteiger partial charge on any atom is 0.241 e. The molecule has 6 heteroatoms. The van der Waals surface area contributed by atoms with Crippen LogP contribution < -0.4 is 10.2 Å². The summed E-state index contributed by atoms with van der Waals surface area (Å²) < 4.78 is 0. The zero-order valence-corrected chi connectivity index (χ0v) is 15.3. The first-order valence-electron chi connectivity index (χ1n) is 9.82. The number of nitrogens with one attached hydrogen (secondary N) is 1. The number of piperazine rings is 1. The molecule has 0 atom stereocenters. The van der Waals surface area contributed by atoms with Crippen molar-refractivity contribution < 1.29 is 9.59 Å². The lowest BCUT2D eigenvalue weighted by Crippen LogP contribution is -2.53. The van der Waals surface area contributed by atoms with Crippen molar-refractivity contribution in [3.05, 3.63) is 29.8 Å². The number of nitrogens with zero attached hydrogens (tertiary/aromatic N) is 3. The number of para-hydroxylation sites is 1. The van der Waals surface area contributed by atoms with Crippen LogP contribution in [0.25, 0.3) is 0 Å². The molecular weight excluding hydrogens is 328 g/mol. The van der Waals surface area contributed by atoms with Gasteiger partial charge in [-0.1, -0.05) is 18.2 Å². The van der Waals surface area contributed by atoms with Gasteiger partial charge in [0.15, 0.2) is 0 Å². The van der Waals surface area contributed by atoms with Crippen LogP contribution in [0.15, 0.2) is 24.3 Å². The Labute approximate surface area is 155 Å². The van der Waals surface area contributed by atoms with Crippen LogP contribution in [0.5, 0.6) is 0 Å². The fraction of sp³-hybridized carbons (Fsp3) is 0.600. The number of carbonyl (C=O) groups excluding carboxylic acids is 2. The Bertz CT molecular complexity index is 664. The third kappa shape index (κ3) is 3.62. The summed E-state index contributed by atoms with van der Waals surface area (Å²) in [5.74, 6) is 0.671. The van der Waals surface area contributed by atoms with Crippen molar-refractivity contribution in [2.75, 3.05) is 57.3 Å². The van der Waals surface area contributed by atoms with Crippen molar-refractivity contribution in [2.24, 2.45) is 5.92 Å². The van der Waals surface area contributed by atoms with Crippen LogP contribution in [-0.4, -0.2) is 74.0 Å². The molecule has 3 aliphatic heterocycles. The van der Waals surface area contributed by atoms with E-state index in [2.05, 4.69) is 16.3 Å². The molecule has 0 aliphatic carbocycles. The van der Waals surface area contributed by atoms with E-state index in [9.17, 15) is 9.59 Å². The predicted octanol–water partition coefficient (Wildman–Crippen LogP) is 0.720. The molecule has 0 aromatic heterocycles. The zero-order valence-electron chi connectivity index (χ0n) is 15.3. The average molecular weight is 356 g/mol. The maximum atomic E-state index is 12.7. The number of piperidine rings is 1. The molecule has 0 unspecified atom stereocenters. The van der Waals surface area contributed by atoms with Gasteiger partial charge in [-0.3, -0.25) is 14.5 Å². The average Bonchev–Trinajstić information content (AvgIpc) is 3.13.